The lowest BCUT2D eigenvalue weighted by molar-refractivity contribution is -0.0235. The highest BCUT2D eigenvalue weighted by Crippen LogP contribution is 2.68. The Morgan fingerprint density at radius 1 is 0.338 bits per heavy atom. The smallest absolute Gasteiger partial charge is 0.0656 e. The van der Waals surface area contributed by atoms with Gasteiger partial charge in [-0.05, 0) is 159 Å². The molecular formula is C70H76Si4. The molecule has 372 valence electrons. The molecule has 14 rings (SSSR count). The highest BCUT2D eigenvalue weighted by atomic mass is 28.3. The Hall–Kier alpha value is -5.37. The summed E-state index contributed by atoms with van der Waals surface area (Å²) in [5, 5.41) is 23.7. The van der Waals surface area contributed by atoms with E-state index in [4.69, 9.17) is 0 Å². The van der Waals surface area contributed by atoms with Crippen LogP contribution in [0.2, 0.25) is 78.6 Å². The molecule has 0 amide bonds. The fourth-order valence-electron chi connectivity index (χ4n) is 15.6. The summed E-state index contributed by atoms with van der Waals surface area (Å²) < 4.78 is 0. The van der Waals surface area contributed by atoms with Gasteiger partial charge in [0.25, 0.3) is 0 Å². The van der Waals surface area contributed by atoms with Crippen LogP contribution in [0.25, 0.3) is 86.9 Å². The van der Waals surface area contributed by atoms with E-state index in [1.807, 2.05) is 0 Å². The minimum atomic E-state index is -1.68. The lowest BCUT2D eigenvalue weighted by Crippen LogP contribution is -2.52. The van der Waals surface area contributed by atoms with Crippen LogP contribution in [-0.2, 0) is 5.41 Å². The summed E-state index contributed by atoms with van der Waals surface area (Å²) in [6, 6.07) is 63.9. The van der Waals surface area contributed by atoms with Crippen LogP contribution in [0, 0.1) is 17.8 Å². The second-order valence-corrected chi connectivity index (χ2v) is 48.2. The van der Waals surface area contributed by atoms with Crippen molar-refractivity contribution in [3.63, 3.8) is 0 Å². The second-order valence-electron chi connectivity index (χ2n) is 27.9. The van der Waals surface area contributed by atoms with Crippen LogP contribution in [0.5, 0.6) is 0 Å². The third-order valence-corrected chi connectivity index (χ3v) is 27.2. The van der Waals surface area contributed by atoms with Gasteiger partial charge in [-0.1, -0.05) is 257 Å². The monoisotopic (exact) mass is 1030 g/mol. The fourth-order valence-corrected chi connectivity index (χ4v) is 20.2. The normalized spacial score (nSPS) is 21.3. The number of hydrogen-bond donors (Lipinski definition) is 0. The van der Waals surface area contributed by atoms with Crippen LogP contribution < -0.4 is 20.7 Å². The van der Waals surface area contributed by atoms with Crippen molar-refractivity contribution in [3.05, 3.63) is 169 Å². The molecular weight excluding hydrogens is 953 g/mol. The topological polar surface area (TPSA) is 0 Å². The summed E-state index contributed by atoms with van der Waals surface area (Å²) in [5.41, 5.74) is 9.15. The van der Waals surface area contributed by atoms with Gasteiger partial charge in [-0.25, -0.2) is 0 Å². The van der Waals surface area contributed by atoms with E-state index in [2.05, 4.69) is 236 Å². The molecule has 4 saturated carbocycles. The average Bonchev–Trinajstić information content (AvgIpc) is 3.39. The van der Waals surface area contributed by atoms with Gasteiger partial charge in [-0.2, -0.15) is 0 Å². The SMILES string of the molecule is C[Si](C)(C)c1ccc2c(C3C4CC5CC3CC(c3c6ccc([Si](C)(C)C)cc6c(-c6cccc7ccccc67)c6ccc([Si](C)(C)C)cc36)(C5)C4)c3cc([Si](C)(C)C)ccc3c(-c3cccc4ccccc34)c2c1. The largest absolute Gasteiger partial charge is 0.0776 e. The Morgan fingerprint density at radius 3 is 1.22 bits per heavy atom. The molecule has 0 heterocycles. The van der Waals surface area contributed by atoms with E-state index in [1.165, 1.54) is 108 Å². The Morgan fingerprint density at radius 2 is 0.730 bits per heavy atom. The first-order valence-electron chi connectivity index (χ1n) is 28.2. The maximum absolute atomic E-state index is 2.74. The molecule has 4 bridgehead atoms. The quantitative estimate of drug-likeness (QED) is 0.105. The third-order valence-electron chi connectivity index (χ3n) is 19.0. The van der Waals surface area contributed by atoms with Gasteiger partial charge >= 0.3 is 0 Å². The average molecular weight is 1030 g/mol. The van der Waals surface area contributed by atoms with Crippen molar-refractivity contribution in [1.82, 2.24) is 0 Å². The number of hydrogen-bond acceptors (Lipinski definition) is 0. The molecule has 4 aliphatic carbocycles. The maximum Gasteiger partial charge on any atom is 0.0776 e. The molecule has 4 aliphatic rings. The molecule has 0 nitrogen and oxygen atoms in total. The van der Waals surface area contributed by atoms with Crippen molar-refractivity contribution < 1.29 is 0 Å². The molecule has 0 spiro atoms. The zero-order valence-corrected chi connectivity index (χ0v) is 50.4. The van der Waals surface area contributed by atoms with E-state index < -0.39 is 32.3 Å². The van der Waals surface area contributed by atoms with Gasteiger partial charge in [-0.3, -0.25) is 0 Å². The summed E-state index contributed by atoms with van der Waals surface area (Å²) in [5.74, 6) is 2.50. The molecule has 0 aromatic heterocycles. The predicted octanol–water partition coefficient (Wildman–Crippen LogP) is 18.0. The van der Waals surface area contributed by atoms with Crippen molar-refractivity contribution in [2.24, 2.45) is 17.8 Å². The second kappa shape index (κ2) is 16.8. The molecule has 0 aliphatic heterocycles. The van der Waals surface area contributed by atoms with Gasteiger partial charge in [0.15, 0.2) is 0 Å². The van der Waals surface area contributed by atoms with Crippen LogP contribution in [0.1, 0.15) is 49.1 Å². The molecule has 4 heteroatoms. The number of fused-ring (bicyclic) bond motifs is 6. The van der Waals surface area contributed by atoms with Crippen LogP contribution in [0.15, 0.2) is 158 Å². The van der Waals surface area contributed by atoms with Gasteiger partial charge in [0.2, 0.25) is 0 Å². The summed E-state index contributed by atoms with van der Waals surface area (Å²) in [6.07, 6.45) is 6.55. The van der Waals surface area contributed by atoms with Crippen LogP contribution in [0.3, 0.4) is 0 Å². The minimum absolute atomic E-state index is 0.114. The maximum atomic E-state index is 2.74. The minimum Gasteiger partial charge on any atom is -0.0656 e. The predicted molar refractivity (Wildman–Crippen MR) is 339 cm³/mol. The van der Waals surface area contributed by atoms with E-state index in [9.17, 15) is 0 Å². The zero-order valence-electron chi connectivity index (χ0n) is 46.4. The first-order valence-corrected chi connectivity index (χ1v) is 42.2. The summed E-state index contributed by atoms with van der Waals surface area (Å²) >= 11 is 0. The molecule has 0 N–H and O–H groups in total. The van der Waals surface area contributed by atoms with Crippen molar-refractivity contribution in [1.29, 1.82) is 0 Å². The van der Waals surface area contributed by atoms with Crippen LogP contribution >= 0.6 is 0 Å². The van der Waals surface area contributed by atoms with Gasteiger partial charge in [0.05, 0.1) is 32.3 Å². The zero-order chi connectivity index (χ0) is 51.4. The standard InChI is InChI=1S/C70H76Si4/c1-71(2,3)49-28-32-58-61(37-49)66(55-25-17-21-45-19-13-15-23-53(45)55)57-31-27-50(72(4,5)6)38-62(57)68(58)65-47-35-44-36-48(65)43-70(41-44,42-47)69-60-34-30-51(73(7,8)9)39-63(60)67(56-26-18-22-46-20-14-16-24-54(46)56)59-33-29-52(40-64(59)69)74(10,11)12/h13-34,37-40,44,47-48,65H,35-36,41-43H2,1-12H3. The molecule has 74 heavy (non-hydrogen) atoms. The molecule has 10 aromatic rings. The van der Waals surface area contributed by atoms with E-state index in [1.54, 1.807) is 42.6 Å². The third kappa shape index (κ3) is 7.65. The molecule has 0 radical (unpaired) electrons. The summed E-state index contributed by atoms with van der Waals surface area (Å²) in [6.45, 7) is 30.5. The first kappa shape index (κ1) is 48.3. The Labute approximate surface area is 445 Å². The Balaban J connectivity index is 1.08. The van der Waals surface area contributed by atoms with Crippen molar-refractivity contribution in [3.8, 4) is 22.3 Å². The van der Waals surface area contributed by atoms with Crippen molar-refractivity contribution in [2.45, 2.75) is 122 Å². The van der Waals surface area contributed by atoms with Crippen LogP contribution in [-0.4, -0.2) is 32.3 Å². The molecule has 2 atom stereocenters. The summed E-state index contributed by atoms with van der Waals surface area (Å²) in [4.78, 5) is 0. The van der Waals surface area contributed by atoms with Crippen molar-refractivity contribution in [2.75, 3.05) is 0 Å². The number of rotatable bonds is 8. The molecule has 10 aromatic carbocycles. The van der Waals surface area contributed by atoms with E-state index >= 15 is 0 Å². The van der Waals surface area contributed by atoms with Gasteiger partial charge < -0.3 is 0 Å². The van der Waals surface area contributed by atoms with E-state index in [0.29, 0.717) is 17.8 Å². The molecule has 2 unspecified atom stereocenters. The lowest BCUT2D eigenvalue weighted by Gasteiger charge is -2.61. The number of benzene rings is 10. The first-order chi connectivity index (χ1) is 35.2. The molecule has 4 fully saturated rings. The van der Waals surface area contributed by atoms with E-state index in [-0.39, 0.29) is 5.41 Å². The highest BCUT2D eigenvalue weighted by molar-refractivity contribution is 6.90. The van der Waals surface area contributed by atoms with Crippen molar-refractivity contribution >= 4 is 118 Å². The fraction of sp³-hybridized carbons (Fsp3) is 0.314. The Kier molecular flexibility index (Phi) is 11.0. The van der Waals surface area contributed by atoms with Gasteiger partial charge in [-0.15, -0.1) is 0 Å². The lowest BCUT2D eigenvalue weighted by atomic mass is 9.43. The molecule has 0 saturated heterocycles. The highest BCUT2D eigenvalue weighted by Gasteiger charge is 2.57. The van der Waals surface area contributed by atoms with Gasteiger partial charge in [0.1, 0.15) is 0 Å². The summed E-state index contributed by atoms with van der Waals surface area (Å²) in [7, 11) is -6.69. The Bertz CT molecular complexity index is 3930. The van der Waals surface area contributed by atoms with Gasteiger partial charge in [0, 0.05) is 0 Å². The van der Waals surface area contributed by atoms with Crippen LogP contribution in [0.4, 0.5) is 0 Å². The van der Waals surface area contributed by atoms with E-state index in [0.717, 1.165) is 5.92 Å².